The quantitative estimate of drug-likeness (QED) is 0.343. The van der Waals surface area contributed by atoms with E-state index in [1.54, 1.807) is 6.07 Å². The monoisotopic (exact) mass is 320 g/mol. The van der Waals surface area contributed by atoms with E-state index in [0.29, 0.717) is 23.6 Å². The van der Waals surface area contributed by atoms with Gasteiger partial charge in [-0.15, -0.1) is 0 Å². The zero-order chi connectivity index (χ0) is 16.7. The Labute approximate surface area is 136 Å². The summed E-state index contributed by atoms with van der Waals surface area (Å²) >= 11 is 0. The Kier molecular flexibility index (Phi) is 6.40. The SMILES string of the molecule is COc1cc(CNCCC2=CCCCC2)c([N+](=O)[O-])cc1OC. The predicted octanol–water partition coefficient (Wildman–Crippen LogP) is 3.59. The molecule has 0 saturated carbocycles. The Hall–Kier alpha value is -2.08. The molecule has 126 valence electrons. The third kappa shape index (κ3) is 4.69. The van der Waals surface area contributed by atoms with Crippen molar-refractivity contribution >= 4 is 5.69 Å². The molecule has 0 aliphatic heterocycles. The van der Waals surface area contributed by atoms with Crippen LogP contribution in [-0.4, -0.2) is 25.7 Å². The first-order chi connectivity index (χ1) is 11.2. The first-order valence-corrected chi connectivity index (χ1v) is 7.93. The fraction of sp³-hybridized carbons (Fsp3) is 0.529. The van der Waals surface area contributed by atoms with Crippen molar-refractivity contribution in [3.8, 4) is 11.5 Å². The molecule has 23 heavy (non-hydrogen) atoms. The molecule has 1 aromatic rings. The number of benzene rings is 1. The highest BCUT2D eigenvalue weighted by Crippen LogP contribution is 2.34. The summed E-state index contributed by atoms with van der Waals surface area (Å²) in [6.45, 7) is 1.25. The summed E-state index contributed by atoms with van der Waals surface area (Å²) in [4.78, 5) is 10.9. The summed E-state index contributed by atoms with van der Waals surface area (Å²) in [5.41, 5.74) is 2.14. The Morgan fingerprint density at radius 3 is 2.57 bits per heavy atom. The minimum Gasteiger partial charge on any atom is -0.493 e. The first-order valence-electron chi connectivity index (χ1n) is 7.93. The molecule has 0 amide bonds. The second kappa shape index (κ2) is 8.53. The maximum absolute atomic E-state index is 11.2. The number of nitrogens with one attached hydrogen (secondary N) is 1. The van der Waals surface area contributed by atoms with E-state index < -0.39 is 0 Å². The molecule has 2 rings (SSSR count). The van der Waals surface area contributed by atoms with Crippen molar-refractivity contribution in [3.63, 3.8) is 0 Å². The molecule has 1 N–H and O–H groups in total. The molecule has 0 radical (unpaired) electrons. The van der Waals surface area contributed by atoms with Crippen molar-refractivity contribution < 1.29 is 14.4 Å². The van der Waals surface area contributed by atoms with E-state index in [2.05, 4.69) is 11.4 Å². The van der Waals surface area contributed by atoms with Gasteiger partial charge >= 0.3 is 0 Å². The third-order valence-corrected chi connectivity index (χ3v) is 4.10. The van der Waals surface area contributed by atoms with E-state index >= 15 is 0 Å². The zero-order valence-electron chi connectivity index (χ0n) is 13.8. The Morgan fingerprint density at radius 2 is 1.96 bits per heavy atom. The van der Waals surface area contributed by atoms with Crippen LogP contribution >= 0.6 is 0 Å². The normalized spacial score (nSPS) is 14.3. The fourth-order valence-corrected chi connectivity index (χ4v) is 2.83. The van der Waals surface area contributed by atoms with Crippen LogP contribution in [0.1, 0.15) is 37.7 Å². The second-order valence-corrected chi connectivity index (χ2v) is 5.63. The molecule has 6 heteroatoms. The number of allylic oxidation sites excluding steroid dienone is 1. The number of nitro benzene ring substituents is 1. The molecule has 0 fully saturated rings. The van der Waals surface area contributed by atoms with E-state index in [-0.39, 0.29) is 10.6 Å². The lowest BCUT2D eigenvalue weighted by atomic mass is 9.97. The number of hydrogen-bond donors (Lipinski definition) is 1. The van der Waals surface area contributed by atoms with Gasteiger partial charge < -0.3 is 14.8 Å². The topological polar surface area (TPSA) is 73.6 Å². The number of methoxy groups -OCH3 is 2. The van der Waals surface area contributed by atoms with Crippen molar-refractivity contribution in [2.45, 2.75) is 38.6 Å². The molecule has 0 saturated heterocycles. The largest absolute Gasteiger partial charge is 0.493 e. The van der Waals surface area contributed by atoms with Crippen LogP contribution in [0.5, 0.6) is 11.5 Å². The second-order valence-electron chi connectivity index (χ2n) is 5.63. The zero-order valence-corrected chi connectivity index (χ0v) is 13.8. The van der Waals surface area contributed by atoms with Gasteiger partial charge in [-0.1, -0.05) is 11.6 Å². The minimum atomic E-state index is -0.386. The highest BCUT2D eigenvalue weighted by atomic mass is 16.6. The number of rotatable bonds is 8. The lowest BCUT2D eigenvalue weighted by Gasteiger charge is -2.14. The van der Waals surface area contributed by atoms with Crippen LogP contribution in [0.2, 0.25) is 0 Å². The number of nitrogens with zero attached hydrogens (tertiary/aromatic N) is 1. The average Bonchev–Trinajstić information content (AvgIpc) is 2.58. The van der Waals surface area contributed by atoms with Crippen LogP contribution < -0.4 is 14.8 Å². The van der Waals surface area contributed by atoms with Crippen LogP contribution in [0.15, 0.2) is 23.8 Å². The van der Waals surface area contributed by atoms with Gasteiger partial charge in [0.25, 0.3) is 5.69 Å². The van der Waals surface area contributed by atoms with Gasteiger partial charge in [-0.05, 0) is 44.7 Å². The minimum absolute atomic E-state index is 0.0482. The van der Waals surface area contributed by atoms with E-state index in [1.165, 1.54) is 51.5 Å². The van der Waals surface area contributed by atoms with Gasteiger partial charge in [0.1, 0.15) is 0 Å². The van der Waals surface area contributed by atoms with Gasteiger partial charge in [-0.2, -0.15) is 0 Å². The van der Waals surface area contributed by atoms with Crippen LogP contribution in [-0.2, 0) is 6.54 Å². The van der Waals surface area contributed by atoms with Crippen molar-refractivity contribution in [2.24, 2.45) is 0 Å². The van der Waals surface area contributed by atoms with Gasteiger partial charge in [0.2, 0.25) is 0 Å². The van der Waals surface area contributed by atoms with E-state index in [9.17, 15) is 10.1 Å². The molecular weight excluding hydrogens is 296 g/mol. The van der Waals surface area contributed by atoms with Crippen LogP contribution in [0.25, 0.3) is 0 Å². The Bertz CT molecular complexity index is 584. The smallest absolute Gasteiger partial charge is 0.277 e. The maximum Gasteiger partial charge on any atom is 0.277 e. The van der Waals surface area contributed by atoms with Gasteiger partial charge in [-0.3, -0.25) is 10.1 Å². The van der Waals surface area contributed by atoms with E-state index in [4.69, 9.17) is 9.47 Å². The van der Waals surface area contributed by atoms with Crippen molar-refractivity contribution in [1.82, 2.24) is 5.32 Å². The molecule has 1 aromatic carbocycles. The van der Waals surface area contributed by atoms with Crippen molar-refractivity contribution in [1.29, 1.82) is 0 Å². The highest BCUT2D eigenvalue weighted by Gasteiger charge is 2.19. The van der Waals surface area contributed by atoms with Gasteiger partial charge in [0.05, 0.1) is 25.2 Å². The standard InChI is InChI=1S/C17H24N2O4/c1-22-16-10-14(15(19(20)21)11-17(16)23-2)12-18-9-8-13-6-4-3-5-7-13/h6,10-11,18H,3-5,7-9,12H2,1-2H3. The molecule has 0 aromatic heterocycles. The molecule has 1 aliphatic rings. The molecule has 0 heterocycles. The summed E-state index contributed by atoms with van der Waals surface area (Å²) in [5, 5.41) is 14.5. The maximum atomic E-state index is 11.2. The number of ether oxygens (including phenoxy) is 2. The van der Waals surface area contributed by atoms with Crippen molar-refractivity contribution in [3.05, 3.63) is 39.5 Å². The molecule has 1 aliphatic carbocycles. The predicted molar refractivity (Wildman–Crippen MR) is 89.1 cm³/mol. The average molecular weight is 320 g/mol. The lowest BCUT2D eigenvalue weighted by Crippen LogP contribution is -2.16. The van der Waals surface area contributed by atoms with E-state index in [0.717, 1.165) is 13.0 Å². The Morgan fingerprint density at radius 1 is 1.22 bits per heavy atom. The molecule has 0 atom stereocenters. The first kappa shape index (κ1) is 17.3. The highest BCUT2D eigenvalue weighted by molar-refractivity contribution is 5.54. The summed E-state index contributed by atoms with van der Waals surface area (Å²) in [7, 11) is 2.99. The van der Waals surface area contributed by atoms with Crippen LogP contribution in [0, 0.1) is 10.1 Å². The summed E-state index contributed by atoms with van der Waals surface area (Å²) in [6, 6.07) is 3.09. The van der Waals surface area contributed by atoms with Gasteiger partial charge in [0, 0.05) is 12.1 Å². The molecule has 6 nitrogen and oxygen atoms in total. The lowest BCUT2D eigenvalue weighted by molar-refractivity contribution is -0.385. The fourth-order valence-electron chi connectivity index (χ4n) is 2.83. The van der Waals surface area contributed by atoms with Crippen LogP contribution in [0.3, 0.4) is 0 Å². The number of hydrogen-bond acceptors (Lipinski definition) is 5. The molecule has 0 bridgehead atoms. The molecular formula is C17H24N2O4. The number of nitro groups is 1. The van der Waals surface area contributed by atoms with E-state index in [1.807, 2.05) is 0 Å². The Balaban J connectivity index is 2.00. The molecule has 0 spiro atoms. The van der Waals surface area contributed by atoms with Gasteiger partial charge in [-0.25, -0.2) is 0 Å². The van der Waals surface area contributed by atoms with Gasteiger partial charge in [0.15, 0.2) is 11.5 Å². The summed E-state index contributed by atoms with van der Waals surface area (Å²) in [5.74, 6) is 0.875. The summed E-state index contributed by atoms with van der Waals surface area (Å²) < 4.78 is 10.4. The van der Waals surface area contributed by atoms with Crippen molar-refractivity contribution in [2.75, 3.05) is 20.8 Å². The molecule has 0 unspecified atom stereocenters. The van der Waals surface area contributed by atoms with Crippen LogP contribution in [0.4, 0.5) is 5.69 Å². The third-order valence-electron chi connectivity index (χ3n) is 4.10. The summed E-state index contributed by atoms with van der Waals surface area (Å²) in [6.07, 6.45) is 8.24.